The van der Waals surface area contributed by atoms with Crippen molar-refractivity contribution in [2.45, 2.75) is 0 Å². The maximum absolute atomic E-state index is 12.6. The van der Waals surface area contributed by atoms with Crippen molar-refractivity contribution in [2.24, 2.45) is 0 Å². The molecule has 0 spiro atoms. The van der Waals surface area contributed by atoms with E-state index in [4.69, 9.17) is 21.7 Å². The molecule has 2 N–H and O–H groups in total. The number of aromatic nitrogens is 3. The number of anilines is 1. The van der Waals surface area contributed by atoms with Crippen LogP contribution in [0.3, 0.4) is 0 Å². The van der Waals surface area contributed by atoms with Gasteiger partial charge in [0.1, 0.15) is 11.0 Å². The zero-order valence-corrected chi connectivity index (χ0v) is 19.8. The average Bonchev–Trinajstić information content (AvgIpc) is 3.31. The van der Waals surface area contributed by atoms with E-state index in [1.165, 1.54) is 14.2 Å². The maximum Gasteiger partial charge on any atom is 0.257 e. The number of thiocarbonyl (C=S) groups is 1. The van der Waals surface area contributed by atoms with Crippen molar-refractivity contribution in [3.63, 3.8) is 0 Å². The van der Waals surface area contributed by atoms with E-state index in [-0.39, 0.29) is 11.0 Å². The molecule has 35 heavy (non-hydrogen) atoms. The first-order chi connectivity index (χ1) is 17.1. The van der Waals surface area contributed by atoms with Crippen LogP contribution in [-0.4, -0.2) is 40.2 Å². The molecule has 0 unspecified atom stereocenters. The number of benzene rings is 4. The van der Waals surface area contributed by atoms with Gasteiger partial charge in [0.2, 0.25) is 0 Å². The quantitative estimate of drug-likeness (QED) is 0.350. The van der Waals surface area contributed by atoms with Crippen molar-refractivity contribution < 1.29 is 14.3 Å². The summed E-state index contributed by atoms with van der Waals surface area (Å²) in [7, 11) is 3.05. The first kappa shape index (κ1) is 22.3. The Morgan fingerprint density at radius 3 is 2.46 bits per heavy atom. The van der Waals surface area contributed by atoms with Crippen LogP contribution in [-0.2, 0) is 0 Å². The van der Waals surface area contributed by atoms with E-state index in [2.05, 4.69) is 33.0 Å². The van der Waals surface area contributed by atoms with Gasteiger partial charge >= 0.3 is 0 Å². The lowest BCUT2D eigenvalue weighted by molar-refractivity contribution is 0.0977. The Labute approximate surface area is 206 Å². The summed E-state index contributed by atoms with van der Waals surface area (Å²) in [5.41, 5.74) is 3.40. The van der Waals surface area contributed by atoms with E-state index >= 15 is 0 Å². The lowest BCUT2D eigenvalue weighted by atomic mass is 10.1. The number of rotatable bonds is 5. The second-order valence-electron chi connectivity index (χ2n) is 7.67. The Kier molecular flexibility index (Phi) is 5.99. The summed E-state index contributed by atoms with van der Waals surface area (Å²) >= 11 is 5.34. The predicted octanol–water partition coefficient (Wildman–Crippen LogP) is 4.72. The van der Waals surface area contributed by atoms with Gasteiger partial charge in [0.25, 0.3) is 5.91 Å². The van der Waals surface area contributed by atoms with Crippen LogP contribution in [0.15, 0.2) is 78.9 Å². The third-order valence-electron chi connectivity index (χ3n) is 5.49. The van der Waals surface area contributed by atoms with Crippen LogP contribution in [0.2, 0.25) is 0 Å². The van der Waals surface area contributed by atoms with Crippen LogP contribution in [0.5, 0.6) is 11.5 Å². The number of ether oxygens (including phenoxy) is 2. The molecule has 1 heterocycles. The number of nitrogens with zero attached hydrogens (tertiary/aromatic N) is 3. The zero-order valence-electron chi connectivity index (χ0n) is 19.0. The van der Waals surface area contributed by atoms with Gasteiger partial charge in [-0.2, -0.15) is 0 Å². The third-order valence-corrected chi connectivity index (χ3v) is 5.70. The van der Waals surface area contributed by atoms with E-state index in [1.807, 2.05) is 48.5 Å². The number of carbonyl (C=O) groups is 1. The van der Waals surface area contributed by atoms with Crippen LogP contribution in [0.1, 0.15) is 10.4 Å². The van der Waals surface area contributed by atoms with E-state index in [0.717, 1.165) is 22.0 Å². The first-order valence-corrected chi connectivity index (χ1v) is 11.2. The predicted molar refractivity (Wildman–Crippen MR) is 140 cm³/mol. The van der Waals surface area contributed by atoms with E-state index in [1.54, 1.807) is 23.0 Å². The number of nitrogens with one attached hydrogen (secondary N) is 2. The normalized spacial score (nSPS) is 10.8. The summed E-state index contributed by atoms with van der Waals surface area (Å²) in [6.45, 7) is 0. The second-order valence-corrected chi connectivity index (χ2v) is 8.08. The zero-order chi connectivity index (χ0) is 24.4. The molecule has 0 fully saturated rings. The van der Waals surface area contributed by atoms with Gasteiger partial charge in [-0.05, 0) is 60.1 Å². The van der Waals surface area contributed by atoms with E-state index in [0.29, 0.717) is 28.3 Å². The summed E-state index contributed by atoms with van der Waals surface area (Å²) < 4.78 is 10.5. The van der Waals surface area contributed by atoms with Gasteiger partial charge in [-0.3, -0.25) is 10.1 Å². The molecule has 0 aliphatic carbocycles. The monoisotopic (exact) mass is 483 g/mol. The number of hydrogen-bond acceptors (Lipinski definition) is 6. The van der Waals surface area contributed by atoms with Crippen LogP contribution < -0.4 is 20.1 Å². The molecule has 9 heteroatoms. The van der Waals surface area contributed by atoms with Gasteiger partial charge in [-0.1, -0.05) is 36.4 Å². The van der Waals surface area contributed by atoms with Crippen molar-refractivity contribution in [2.75, 3.05) is 19.5 Å². The number of amides is 1. The molecule has 0 aliphatic heterocycles. The fourth-order valence-electron chi connectivity index (χ4n) is 3.80. The van der Waals surface area contributed by atoms with E-state index in [9.17, 15) is 4.79 Å². The summed E-state index contributed by atoms with van der Waals surface area (Å²) in [4.78, 5) is 14.3. The van der Waals surface area contributed by atoms with Crippen molar-refractivity contribution in [1.29, 1.82) is 0 Å². The summed E-state index contributed by atoms with van der Waals surface area (Å²) in [6.07, 6.45) is 0. The molecule has 0 aliphatic rings. The standard InChI is InChI=1S/C26H21N5O3S/c1-33-23-13-10-17(14-24(23)34-2)25(32)28-26(35)27-18-11-12-20-21(15-18)30-31(29-20)22-9-5-7-16-6-3-4-8-19(16)22/h3-15H,1-2H3,(H2,27,28,32,35). The number of carbonyl (C=O) groups excluding carboxylic acids is 1. The Morgan fingerprint density at radius 2 is 1.63 bits per heavy atom. The van der Waals surface area contributed by atoms with Gasteiger partial charge in [-0.25, -0.2) is 0 Å². The van der Waals surface area contributed by atoms with Crippen LogP contribution in [0.25, 0.3) is 27.5 Å². The van der Waals surface area contributed by atoms with Crippen LogP contribution >= 0.6 is 12.2 Å². The SMILES string of the molecule is COc1ccc(C(=O)NC(=S)Nc2ccc3nn(-c4cccc5ccccc45)nc3c2)cc1OC. The molecular weight excluding hydrogens is 462 g/mol. The Morgan fingerprint density at radius 1 is 0.857 bits per heavy atom. The molecule has 4 aromatic carbocycles. The highest BCUT2D eigenvalue weighted by Crippen LogP contribution is 2.27. The minimum Gasteiger partial charge on any atom is -0.493 e. The van der Waals surface area contributed by atoms with E-state index < -0.39 is 0 Å². The molecule has 0 atom stereocenters. The van der Waals surface area contributed by atoms with Crippen molar-refractivity contribution in [3.8, 4) is 17.2 Å². The third kappa shape index (κ3) is 4.49. The molecule has 1 aromatic heterocycles. The number of fused-ring (bicyclic) bond motifs is 2. The summed E-state index contributed by atoms with van der Waals surface area (Å²) in [5.74, 6) is 0.625. The first-order valence-electron chi connectivity index (χ1n) is 10.8. The Balaban J connectivity index is 1.33. The van der Waals surface area contributed by atoms with Crippen LogP contribution in [0, 0.1) is 0 Å². The van der Waals surface area contributed by atoms with Gasteiger partial charge < -0.3 is 14.8 Å². The topological polar surface area (TPSA) is 90.3 Å². The molecule has 1 amide bonds. The highest BCUT2D eigenvalue weighted by atomic mass is 32.1. The minimum absolute atomic E-state index is 0.158. The summed E-state index contributed by atoms with van der Waals surface area (Å²) in [5, 5.41) is 17.3. The summed E-state index contributed by atoms with van der Waals surface area (Å²) in [6, 6.07) is 24.5. The Hall–Kier alpha value is -4.50. The molecule has 0 saturated heterocycles. The highest BCUT2D eigenvalue weighted by molar-refractivity contribution is 7.80. The number of hydrogen-bond donors (Lipinski definition) is 2. The Bertz CT molecular complexity index is 1580. The van der Waals surface area contributed by atoms with Gasteiger partial charge in [0.15, 0.2) is 16.6 Å². The lowest BCUT2D eigenvalue weighted by Crippen LogP contribution is -2.34. The number of methoxy groups -OCH3 is 2. The van der Waals surface area contributed by atoms with Crippen molar-refractivity contribution >= 4 is 50.7 Å². The molecular formula is C26H21N5O3S. The molecule has 8 nitrogen and oxygen atoms in total. The fourth-order valence-corrected chi connectivity index (χ4v) is 4.01. The average molecular weight is 484 g/mol. The smallest absolute Gasteiger partial charge is 0.257 e. The molecule has 0 radical (unpaired) electrons. The second kappa shape index (κ2) is 9.40. The molecule has 0 saturated carbocycles. The fraction of sp³-hybridized carbons (Fsp3) is 0.0769. The van der Waals surface area contributed by atoms with Gasteiger partial charge in [0, 0.05) is 16.6 Å². The van der Waals surface area contributed by atoms with Gasteiger partial charge in [-0.15, -0.1) is 15.0 Å². The molecule has 5 aromatic rings. The lowest BCUT2D eigenvalue weighted by Gasteiger charge is -2.11. The van der Waals surface area contributed by atoms with Crippen LogP contribution in [0.4, 0.5) is 5.69 Å². The van der Waals surface area contributed by atoms with Crippen molar-refractivity contribution in [3.05, 3.63) is 84.4 Å². The van der Waals surface area contributed by atoms with Crippen molar-refractivity contribution in [1.82, 2.24) is 20.3 Å². The largest absolute Gasteiger partial charge is 0.493 e. The molecule has 0 bridgehead atoms. The maximum atomic E-state index is 12.6. The highest BCUT2D eigenvalue weighted by Gasteiger charge is 2.13. The minimum atomic E-state index is -0.369. The van der Waals surface area contributed by atoms with Gasteiger partial charge in [0.05, 0.1) is 19.9 Å². The molecule has 5 rings (SSSR count). The molecule has 174 valence electrons.